The first kappa shape index (κ1) is 16.4. The second kappa shape index (κ2) is 7.86. The summed E-state index contributed by atoms with van der Waals surface area (Å²) >= 11 is 0. The van der Waals surface area contributed by atoms with Crippen LogP contribution in [-0.4, -0.2) is 16.1 Å². The first-order valence-electron chi connectivity index (χ1n) is 8.33. The van der Waals surface area contributed by atoms with Crippen molar-refractivity contribution in [3.63, 3.8) is 0 Å². The van der Waals surface area contributed by atoms with Crippen LogP contribution in [0, 0.1) is 11.7 Å². The van der Waals surface area contributed by atoms with Crippen LogP contribution in [0.15, 0.2) is 36.4 Å². The number of rotatable bonds is 5. The molecule has 0 spiro atoms. The molecule has 1 heterocycles. The summed E-state index contributed by atoms with van der Waals surface area (Å²) in [5.41, 5.74) is 0.952. The van der Waals surface area contributed by atoms with Crippen molar-refractivity contribution in [3.05, 3.63) is 47.8 Å². The normalized spacial score (nSPS) is 15.0. The molecule has 6 heteroatoms. The largest absolute Gasteiger partial charge is 0.365 e. The van der Waals surface area contributed by atoms with Crippen LogP contribution in [-0.2, 0) is 11.3 Å². The number of carbonyl (C=O) groups excluding carboxylic acids is 1. The fourth-order valence-electron chi connectivity index (χ4n) is 2.88. The molecule has 5 nitrogen and oxygen atoms in total. The van der Waals surface area contributed by atoms with Gasteiger partial charge in [0, 0.05) is 12.5 Å². The van der Waals surface area contributed by atoms with E-state index in [1.54, 1.807) is 24.3 Å². The molecule has 0 aliphatic heterocycles. The van der Waals surface area contributed by atoms with E-state index in [1.165, 1.54) is 18.6 Å². The molecule has 1 aromatic heterocycles. The van der Waals surface area contributed by atoms with Crippen molar-refractivity contribution in [2.24, 2.45) is 5.92 Å². The van der Waals surface area contributed by atoms with Gasteiger partial charge in [-0.3, -0.25) is 4.79 Å². The molecule has 1 aliphatic carbocycles. The Balaban J connectivity index is 1.51. The molecule has 126 valence electrons. The minimum Gasteiger partial charge on any atom is -0.365 e. The number of hydrogen-bond acceptors (Lipinski definition) is 4. The van der Waals surface area contributed by atoms with Gasteiger partial charge in [0.2, 0.25) is 5.91 Å². The maximum Gasteiger partial charge on any atom is 0.228 e. The van der Waals surface area contributed by atoms with Gasteiger partial charge < -0.3 is 10.6 Å². The minimum absolute atomic E-state index is 0.0380. The van der Waals surface area contributed by atoms with Gasteiger partial charge >= 0.3 is 0 Å². The number of nitrogens with one attached hydrogen (secondary N) is 2. The summed E-state index contributed by atoms with van der Waals surface area (Å²) in [5, 5.41) is 14.0. The highest BCUT2D eigenvalue weighted by atomic mass is 19.1. The lowest BCUT2D eigenvalue weighted by molar-refractivity contribution is -0.120. The van der Waals surface area contributed by atoms with Gasteiger partial charge in [0.05, 0.1) is 0 Å². The van der Waals surface area contributed by atoms with Crippen LogP contribution in [0.25, 0.3) is 0 Å². The van der Waals surface area contributed by atoms with Crippen molar-refractivity contribution in [3.8, 4) is 0 Å². The Labute approximate surface area is 140 Å². The van der Waals surface area contributed by atoms with E-state index in [0.717, 1.165) is 31.2 Å². The van der Waals surface area contributed by atoms with E-state index < -0.39 is 0 Å². The number of hydrogen-bond donors (Lipinski definition) is 2. The number of carbonyl (C=O) groups is 1. The van der Waals surface area contributed by atoms with Crippen LogP contribution in [0.2, 0.25) is 0 Å². The third kappa shape index (κ3) is 4.50. The SMILES string of the molecule is O=C(Nc1ccc(NCc2ccc(F)cc2)nn1)C1CCCCC1. The predicted octanol–water partition coefficient (Wildman–Crippen LogP) is 3.75. The number of nitrogens with zero attached hydrogens (tertiary/aromatic N) is 2. The number of benzene rings is 1. The lowest BCUT2D eigenvalue weighted by Crippen LogP contribution is -2.25. The van der Waals surface area contributed by atoms with Crippen molar-refractivity contribution in [2.45, 2.75) is 38.6 Å². The maximum absolute atomic E-state index is 12.9. The van der Waals surface area contributed by atoms with Gasteiger partial charge in [0.15, 0.2) is 5.82 Å². The van der Waals surface area contributed by atoms with Gasteiger partial charge in [-0.15, -0.1) is 10.2 Å². The molecule has 0 bridgehead atoms. The Morgan fingerprint density at radius 1 is 1.00 bits per heavy atom. The summed E-state index contributed by atoms with van der Waals surface area (Å²) in [7, 11) is 0. The van der Waals surface area contributed by atoms with E-state index in [-0.39, 0.29) is 17.6 Å². The van der Waals surface area contributed by atoms with E-state index in [2.05, 4.69) is 20.8 Å². The fourth-order valence-corrected chi connectivity index (χ4v) is 2.88. The van der Waals surface area contributed by atoms with Gasteiger partial charge in [-0.05, 0) is 42.7 Å². The summed E-state index contributed by atoms with van der Waals surface area (Å²) in [5.74, 6) is 0.956. The molecule has 1 aromatic carbocycles. The first-order valence-corrected chi connectivity index (χ1v) is 8.33. The van der Waals surface area contributed by atoms with E-state index in [1.807, 2.05) is 0 Å². The van der Waals surface area contributed by atoms with Crippen molar-refractivity contribution in [2.75, 3.05) is 10.6 Å². The standard InChI is InChI=1S/C18H21FN4O/c19-15-8-6-13(7-9-15)12-20-16-10-11-17(23-22-16)21-18(24)14-4-2-1-3-5-14/h6-11,14H,1-5,12H2,(H,20,22)(H,21,23,24). The molecule has 0 radical (unpaired) electrons. The second-order valence-electron chi connectivity index (χ2n) is 6.11. The minimum atomic E-state index is -0.253. The molecule has 1 fully saturated rings. The Hall–Kier alpha value is -2.50. The Morgan fingerprint density at radius 2 is 1.67 bits per heavy atom. The second-order valence-corrected chi connectivity index (χ2v) is 6.11. The first-order chi connectivity index (χ1) is 11.7. The van der Waals surface area contributed by atoms with Gasteiger partial charge in [-0.2, -0.15) is 0 Å². The van der Waals surface area contributed by atoms with Gasteiger partial charge in [0.25, 0.3) is 0 Å². The van der Waals surface area contributed by atoms with E-state index in [9.17, 15) is 9.18 Å². The molecule has 0 unspecified atom stereocenters. The number of halogens is 1. The zero-order chi connectivity index (χ0) is 16.8. The average molecular weight is 328 g/mol. The van der Waals surface area contributed by atoms with E-state index >= 15 is 0 Å². The number of aromatic nitrogens is 2. The molecular weight excluding hydrogens is 307 g/mol. The monoisotopic (exact) mass is 328 g/mol. The van der Waals surface area contributed by atoms with E-state index in [4.69, 9.17) is 0 Å². The highest BCUT2D eigenvalue weighted by Gasteiger charge is 2.21. The van der Waals surface area contributed by atoms with Crippen LogP contribution >= 0.6 is 0 Å². The van der Waals surface area contributed by atoms with Crippen molar-refractivity contribution >= 4 is 17.5 Å². The van der Waals surface area contributed by atoms with E-state index in [0.29, 0.717) is 18.2 Å². The van der Waals surface area contributed by atoms with Crippen LogP contribution in [0.3, 0.4) is 0 Å². The molecule has 0 saturated heterocycles. The molecule has 1 saturated carbocycles. The molecule has 2 N–H and O–H groups in total. The van der Waals surface area contributed by atoms with Crippen LogP contribution < -0.4 is 10.6 Å². The average Bonchev–Trinajstić information content (AvgIpc) is 2.63. The van der Waals surface area contributed by atoms with Gasteiger partial charge in [0.1, 0.15) is 11.6 Å². The summed E-state index contributed by atoms with van der Waals surface area (Å²) in [4.78, 5) is 12.2. The lowest BCUT2D eigenvalue weighted by atomic mass is 9.89. The molecular formula is C18H21FN4O. The van der Waals surface area contributed by atoms with Gasteiger partial charge in [-0.25, -0.2) is 4.39 Å². The van der Waals surface area contributed by atoms with Crippen LogP contribution in [0.5, 0.6) is 0 Å². The molecule has 1 aliphatic rings. The highest BCUT2D eigenvalue weighted by Crippen LogP contribution is 2.24. The Kier molecular flexibility index (Phi) is 5.36. The van der Waals surface area contributed by atoms with Crippen LogP contribution in [0.1, 0.15) is 37.7 Å². The smallest absolute Gasteiger partial charge is 0.228 e. The number of amides is 1. The Morgan fingerprint density at radius 3 is 2.33 bits per heavy atom. The quantitative estimate of drug-likeness (QED) is 0.877. The van der Waals surface area contributed by atoms with Gasteiger partial charge in [-0.1, -0.05) is 31.4 Å². The topological polar surface area (TPSA) is 66.9 Å². The zero-order valence-corrected chi connectivity index (χ0v) is 13.5. The molecule has 2 aromatic rings. The Bertz CT molecular complexity index is 666. The predicted molar refractivity (Wildman–Crippen MR) is 91.0 cm³/mol. The maximum atomic E-state index is 12.9. The molecule has 1 amide bonds. The number of anilines is 2. The van der Waals surface area contributed by atoms with Crippen molar-refractivity contribution in [1.29, 1.82) is 0 Å². The summed E-state index contributed by atoms with van der Waals surface area (Å²) in [6.07, 6.45) is 5.37. The summed E-state index contributed by atoms with van der Waals surface area (Å²) < 4.78 is 12.9. The van der Waals surface area contributed by atoms with Crippen LogP contribution in [0.4, 0.5) is 16.0 Å². The fraction of sp³-hybridized carbons (Fsp3) is 0.389. The third-order valence-corrected chi connectivity index (χ3v) is 4.28. The summed E-state index contributed by atoms with van der Waals surface area (Å²) in [6.45, 7) is 0.530. The molecule has 0 atom stereocenters. The van der Waals surface area contributed by atoms with Crippen molar-refractivity contribution in [1.82, 2.24) is 10.2 Å². The molecule has 24 heavy (non-hydrogen) atoms. The lowest BCUT2D eigenvalue weighted by Gasteiger charge is -2.20. The van der Waals surface area contributed by atoms with Crippen molar-refractivity contribution < 1.29 is 9.18 Å². The summed E-state index contributed by atoms with van der Waals surface area (Å²) in [6, 6.07) is 9.79. The zero-order valence-electron chi connectivity index (χ0n) is 13.5. The molecule has 3 rings (SSSR count). The third-order valence-electron chi connectivity index (χ3n) is 4.28. The highest BCUT2D eigenvalue weighted by molar-refractivity contribution is 5.91.